The van der Waals surface area contributed by atoms with Crippen molar-refractivity contribution < 1.29 is 10.2 Å². The van der Waals surface area contributed by atoms with Crippen LogP contribution >= 0.6 is 0 Å². The van der Waals surface area contributed by atoms with Gasteiger partial charge < -0.3 is 32.3 Å². The Bertz CT molecular complexity index is 176. The van der Waals surface area contributed by atoms with E-state index in [1.54, 1.807) is 0 Å². The molecule has 6 nitrogen and oxygen atoms in total. The zero-order chi connectivity index (χ0) is 15.1. The topological polar surface area (TPSA) is 117 Å². The SMILES string of the molecule is NC[C@H](O)CNCCCCCCCCNC[C@@H](O)CN. The van der Waals surface area contributed by atoms with Crippen LogP contribution < -0.4 is 22.1 Å². The van der Waals surface area contributed by atoms with E-state index >= 15 is 0 Å². The summed E-state index contributed by atoms with van der Waals surface area (Å²) < 4.78 is 0. The maximum absolute atomic E-state index is 9.24. The van der Waals surface area contributed by atoms with Gasteiger partial charge in [0.05, 0.1) is 12.2 Å². The molecule has 0 amide bonds. The van der Waals surface area contributed by atoms with Gasteiger partial charge in [-0.3, -0.25) is 0 Å². The first-order chi connectivity index (χ1) is 9.70. The second-order valence-corrected chi connectivity index (χ2v) is 5.31. The Morgan fingerprint density at radius 2 is 1.00 bits per heavy atom. The van der Waals surface area contributed by atoms with Crippen LogP contribution in [0.1, 0.15) is 38.5 Å². The van der Waals surface area contributed by atoms with Crippen LogP contribution in [0.25, 0.3) is 0 Å². The first-order valence-electron chi connectivity index (χ1n) is 7.88. The summed E-state index contributed by atoms with van der Waals surface area (Å²) in [4.78, 5) is 0. The fraction of sp³-hybridized carbons (Fsp3) is 1.00. The van der Waals surface area contributed by atoms with Crippen molar-refractivity contribution in [1.82, 2.24) is 10.6 Å². The van der Waals surface area contributed by atoms with Crippen LogP contribution in [0.4, 0.5) is 0 Å². The van der Waals surface area contributed by atoms with Crippen LogP contribution in [-0.2, 0) is 0 Å². The molecular weight excluding hydrogens is 256 g/mol. The summed E-state index contributed by atoms with van der Waals surface area (Å²) in [6.45, 7) is 3.74. The molecule has 6 heteroatoms. The standard InChI is InChI=1S/C14H34N4O2/c15-9-13(19)11-17-7-5-3-1-2-4-6-8-18-12-14(20)10-16/h13-14,17-20H,1-12,15-16H2/t13-,14-/m0/s1. The lowest BCUT2D eigenvalue weighted by Gasteiger charge is -2.09. The lowest BCUT2D eigenvalue weighted by Crippen LogP contribution is -2.33. The van der Waals surface area contributed by atoms with E-state index in [0.29, 0.717) is 26.2 Å². The smallest absolute Gasteiger partial charge is 0.0786 e. The second kappa shape index (κ2) is 15.2. The van der Waals surface area contributed by atoms with E-state index in [-0.39, 0.29) is 0 Å². The summed E-state index contributed by atoms with van der Waals surface area (Å²) in [5.41, 5.74) is 10.6. The number of aliphatic hydroxyl groups is 2. The van der Waals surface area contributed by atoms with Crippen LogP contribution in [0.3, 0.4) is 0 Å². The molecule has 20 heavy (non-hydrogen) atoms. The minimum absolute atomic E-state index is 0.323. The van der Waals surface area contributed by atoms with E-state index in [0.717, 1.165) is 25.9 Å². The number of hydrogen-bond acceptors (Lipinski definition) is 6. The molecule has 0 aromatic rings. The number of hydrogen-bond donors (Lipinski definition) is 6. The second-order valence-electron chi connectivity index (χ2n) is 5.31. The van der Waals surface area contributed by atoms with Gasteiger partial charge in [0.2, 0.25) is 0 Å². The summed E-state index contributed by atoms with van der Waals surface area (Å²) in [7, 11) is 0. The van der Waals surface area contributed by atoms with E-state index in [4.69, 9.17) is 11.5 Å². The molecule has 0 unspecified atom stereocenters. The van der Waals surface area contributed by atoms with Gasteiger partial charge in [0.1, 0.15) is 0 Å². The Balaban J connectivity index is 3.03. The lowest BCUT2D eigenvalue weighted by atomic mass is 10.1. The van der Waals surface area contributed by atoms with E-state index < -0.39 is 12.2 Å². The molecule has 0 aromatic heterocycles. The fourth-order valence-corrected chi connectivity index (χ4v) is 1.91. The van der Waals surface area contributed by atoms with Crippen molar-refractivity contribution in [2.24, 2.45) is 11.5 Å². The van der Waals surface area contributed by atoms with Crippen molar-refractivity contribution in [3.8, 4) is 0 Å². The molecule has 2 atom stereocenters. The maximum Gasteiger partial charge on any atom is 0.0786 e. The van der Waals surface area contributed by atoms with Crippen LogP contribution in [0.5, 0.6) is 0 Å². The van der Waals surface area contributed by atoms with Gasteiger partial charge in [0.15, 0.2) is 0 Å². The molecule has 0 saturated carbocycles. The zero-order valence-corrected chi connectivity index (χ0v) is 12.7. The highest BCUT2D eigenvalue weighted by molar-refractivity contribution is 4.60. The van der Waals surface area contributed by atoms with Crippen molar-refractivity contribution in [3.63, 3.8) is 0 Å². The minimum atomic E-state index is -0.416. The molecule has 0 bridgehead atoms. The Kier molecular flexibility index (Phi) is 15.0. The van der Waals surface area contributed by atoms with Crippen LogP contribution in [-0.4, -0.2) is 61.7 Å². The average molecular weight is 290 g/mol. The maximum atomic E-state index is 9.24. The molecule has 0 radical (unpaired) electrons. The third kappa shape index (κ3) is 14.2. The number of aliphatic hydroxyl groups excluding tert-OH is 2. The molecule has 0 heterocycles. The summed E-state index contributed by atoms with van der Waals surface area (Å²) in [5, 5.41) is 24.9. The van der Waals surface area contributed by atoms with Gasteiger partial charge in [-0.25, -0.2) is 0 Å². The van der Waals surface area contributed by atoms with E-state index in [1.165, 1.54) is 25.7 Å². The predicted molar refractivity (Wildman–Crippen MR) is 83.6 cm³/mol. The highest BCUT2D eigenvalue weighted by Gasteiger charge is 1.99. The Morgan fingerprint density at radius 3 is 1.35 bits per heavy atom. The van der Waals surface area contributed by atoms with Crippen molar-refractivity contribution in [3.05, 3.63) is 0 Å². The number of rotatable bonds is 15. The van der Waals surface area contributed by atoms with Crippen LogP contribution in [0.15, 0.2) is 0 Å². The molecule has 0 aromatic carbocycles. The van der Waals surface area contributed by atoms with Crippen molar-refractivity contribution >= 4 is 0 Å². The average Bonchev–Trinajstić information content (AvgIpc) is 2.47. The van der Waals surface area contributed by atoms with Crippen LogP contribution in [0.2, 0.25) is 0 Å². The van der Waals surface area contributed by atoms with Gasteiger partial charge in [-0.1, -0.05) is 25.7 Å². The largest absolute Gasteiger partial charge is 0.390 e. The van der Waals surface area contributed by atoms with Crippen LogP contribution in [0, 0.1) is 0 Å². The minimum Gasteiger partial charge on any atom is -0.390 e. The summed E-state index contributed by atoms with van der Waals surface area (Å²) in [5.74, 6) is 0. The third-order valence-electron chi connectivity index (χ3n) is 3.26. The lowest BCUT2D eigenvalue weighted by molar-refractivity contribution is 0.179. The molecule has 0 aliphatic carbocycles. The van der Waals surface area contributed by atoms with E-state index in [9.17, 15) is 10.2 Å². The van der Waals surface area contributed by atoms with Gasteiger partial charge >= 0.3 is 0 Å². The number of nitrogens with two attached hydrogens (primary N) is 2. The fourth-order valence-electron chi connectivity index (χ4n) is 1.91. The van der Waals surface area contributed by atoms with Crippen molar-refractivity contribution in [1.29, 1.82) is 0 Å². The first kappa shape index (κ1) is 19.8. The Hall–Kier alpha value is -0.240. The Morgan fingerprint density at radius 1 is 0.650 bits per heavy atom. The molecule has 0 saturated heterocycles. The normalized spacial score (nSPS) is 14.4. The number of nitrogens with one attached hydrogen (secondary N) is 2. The summed E-state index contributed by atoms with van der Waals surface area (Å²) >= 11 is 0. The molecule has 0 fully saturated rings. The van der Waals surface area contributed by atoms with E-state index in [1.807, 2.05) is 0 Å². The number of unbranched alkanes of at least 4 members (excludes halogenated alkanes) is 5. The van der Waals surface area contributed by atoms with Gasteiger partial charge in [-0.05, 0) is 25.9 Å². The molecule has 0 rings (SSSR count). The monoisotopic (exact) mass is 290 g/mol. The molecular formula is C14H34N4O2. The molecule has 0 aliphatic rings. The molecule has 122 valence electrons. The Labute approximate surface area is 123 Å². The quantitative estimate of drug-likeness (QED) is 0.219. The highest BCUT2D eigenvalue weighted by Crippen LogP contribution is 2.04. The van der Waals surface area contributed by atoms with Crippen molar-refractivity contribution in [2.75, 3.05) is 39.3 Å². The first-order valence-corrected chi connectivity index (χ1v) is 7.88. The highest BCUT2D eigenvalue weighted by atomic mass is 16.3. The summed E-state index contributed by atoms with van der Waals surface area (Å²) in [6, 6.07) is 0. The van der Waals surface area contributed by atoms with Gasteiger partial charge in [-0.15, -0.1) is 0 Å². The van der Waals surface area contributed by atoms with E-state index in [2.05, 4.69) is 10.6 Å². The summed E-state index contributed by atoms with van der Waals surface area (Å²) in [6.07, 6.45) is 6.44. The molecule has 8 N–H and O–H groups in total. The predicted octanol–water partition coefficient (Wildman–Crippen LogP) is -0.855. The van der Waals surface area contributed by atoms with Gasteiger partial charge in [0.25, 0.3) is 0 Å². The molecule has 0 spiro atoms. The van der Waals surface area contributed by atoms with Gasteiger partial charge in [-0.2, -0.15) is 0 Å². The molecule has 0 aliphatic heterocycles. The van der Waals surface area contributed by atoms with Gasteiger partial charge in [0, 0.05) is 26.2 Å². The van der Waals surface area contributed by atoms with Crippen molar-refractivity contribution in [2.45, 2.75) is 50.7 Å². The zero-order valence-electron chi connectivity index (χ0n) is 12.7. The third-order valence-corrected chi connectivity index (χ3v) is 3.26.